The van der Waals surface area contributed by atoms with Crippen molar-refractivity contribution in [2.24, 2.45) is 0 Å². The van der Waals surface area contributed by atoms with Crippen LogP contribution in [0.15, 0.2) is 41.3 Å². The number of hydrogen-bond donors (Lipinski definition) is 1. The van der Waals surface area contributed by atoms with Gasteiger partial charge in [0, 0.05) is 34.9 Å². The van der Waals surface area contributed by atoms with Crippen molar-refractivity contribution in [3.05, 3.63) is 58.1 Å². The summed E-state index contributed by atoms with van der Waals surface area (Å²) in [6.45, 7) is 1.82. The predicted octanol–water partition coefficient (Wildman–Crippen LogP) is 5.42. The largest absolute Gasteiger partial charge is 0.493 e. The quantitative estimate of drug-likeness (QED) is 0.635. The minimum Gasteiger partial charge on any atom is -0.493 e. The summed E-state index contributed by atoms with van der Waals surface area (Å²) in [5, 5.41) is 11.1. The summed E-state index contributed by atoms with van der Waals surface area (Å²) in [7, 11) is 0. The fourth-order valence-corrected chi connectivity index (χ4v) is 4.72. The summed E-state index contributed by atoms with van der Waals surface area (Å²) in [6.07, 6.45) is 5.09. The van der Waals surface area contributed by atoms with Crippen LogP contribution in [-0.2, 0) is 15.9 Å². The van der Waals surface area contributed by atoms with Crippen LogP contribution in [-0.4, -0.2) is 43.4 Å². The first-order chi connectivity index (χ1) is 14.6. The van der Waals surface area contributed by atoms with E-state index in [1.807, 2.05) is 6.07 Å². The van der Waals surface area contributed by atoms with E-state index in [0.717, 1.165) is 36.1 Å². The van der Waals surface area contributed by atoms with E-state index < -0.39 is 6.10 Å². The topological polar surface area (TPSA) is 47.9 Å². The zero-order chi connectivity index (χ0) is 20.9. The molecular weight excluding hydrogens is 420 g/mol. The van der Waals surface area contributed by atoms with E-state index in [2.05, 4.69) is 36.6 Å². The van der Waals surface area contributed by atoms with E-state index >= 15 is 0 Å². The molecule has 2 bridgehead atoms. The Labute approximate surface area is 187 Å². The molecule has 30 heavy (non-hydrogen) atoms. The number of benzene rings is 2. The maximum Gasteiger partial charge on any atom is 0.126 e. The Kier molecular flexibility index (Phi) is 7.60. The molecule has 4 rings (SSSR count). The van der Waals surface area contributed by atoms with Crippen LogP contribution < -0.4 is 4.74 Å². The predicted molar refractivity (Wildman–Crippen MR) is 121 cm³/mol. The molecular formula is C24H29ClO4S. The fraction of sp³-hybridized carbons (Fsp3) is 0.500. The molecule has 0 amide bonds. The van der Waals surface area contributed by atoms with Crippen LogP contribution in [0, 0.1) is 0 Å². The van der Waals surface area contributed by atoms with Gasteiger partial charge >= 0.3 is 0 Å². The zero-order valence-corrected chi connectivity index (χ0v) is 18.9. The van der Waals surface area contributed by atoms with Gasteiger partial charge in [0.25, 0.3) is 0 Å². The lowest BCUT2D eigenvalue weighted by Gasteiger charge is -2.34. The summed E-state index contributed by atoms with van der Waals surface area (Å²) in [5.74, 6) is 0.765. The molecule has 3 unspecified atom stereocenters. The third-order valence-corrected chi connectivity index (χ3v) is 6.80. The highest BCUT2D eigenvalue weighted by Gasteiger charge is 2.32. The minimum atomic E-state index is -0.411. The highest BCUT2D eigenvalue weighted by molar-refractivity contribution is 7.98. The number of hydrogen-bond acceptors (Lipinski definition) is 5. The summed E-state index contributed by atoms with van der Waals surface area (Å²) in [4.78, 5) is 1.24. The van der Waals surface area contributed by atoms with Gasteiger partial charge in [0.15, 0.2) is 0 Å². The van der Waals surface area contributed by atoms with Crippen LogP contribution in [0.1, 0.15) is 48.5 Å². The molecule has 0 saturated carbocycles. The minimum absolute atomic E-state index is 0.107. The lowest BCUT2D eigenvalue weighted by atomic mass is 9.93. The van der Waals surface area contributed by atoms with Crippen molar-refractivity contribution in [1.29, 1.82) is 0 Å². The van der Waals surface area contributed by atoms with Crippen molar-refractivity contribution in [2.45, 2.75) is 55.3 Å². The van der Waals surface area contributed by atoms with Gasteiger partial charge in [-0.05, 0) is 60.9 Å². The van der Waals surface area contributed by atoms with Gasteiger partial charge in [-0.1, -0.05) is 23.7 Å². The van der Waals surface area contributed by atoms with Gasteiger partial charge in [-0.15, -0.1) is 11.8 Å². The Morgan fingerprint density at radius 2 is 1.90 bits per heavy atom. The smallest absolute Gasteiger partial charge is 0.126 e. The molecule has 2 aromatic carbocycles. The number of aliphatic hydroxyl groups is 1. The molecule has 2 aliphatic rings. The van der Waals surface area contributed by atoms with Gasteiger partial charge in [-0.25, -0.2) is 0 Å². The second-order valence-electron chi connectivity index (χ2n) is 8.01. The number of fused-ring (bicyclic) bond motifs is 4. The average molecular weight is 449 g/mol. The highest BCUT2D eigenvalue weighted by atomic mass is 35.5. The van der Waals surface area contributed by atoms with Crippen molar-refractivity contribution >= 4 is 23.4 Å². The molecule has 3 atom stereocenters. The molecule has 2 heterocycles. The van der Waals surface area contributed by atoms with Crippen LogP contribution in [0.4, 0.5) is 0 Å². The van der Waals surface area contributed by atoms with Crippen LogP contribution in [0.3, 0.4) is 0 Å². The monoisotopic (exact) mass is 448 g/mol. The summed E-state index contributed by atoms with van der Waals surface area (Å²) in [6, 6.07) is 12.6. The second kappa shape index (κ2) is 10.4. The Morgan fingerprint density at radius 1 is 1.10 bits per heavy atom. The van der Waals surface area contributed by atoms with Crippen molar-refractivity contribution in [3.8, 4) is 5.75 Å². The van der Waals surface area contributed by atoms with E-state index in [0.29, 0.717) is 37.7 Å². The Balaban J connectivity index is 1.64. The van der Waals surface area contributed by atoms with E-state index in [1.54, 1.807) is 11.8 Å². The SMILES string of the molecule is CSc1ccc(Cc2cc3c(cc2Cl)OCCCCOCC2CC(O)CC3O2)cc1. The number of halogens is 1. The summed E-state index contributed by atoms with van der Waals surface area (Å²) in [5.41, 5.74) is 3.22. The second-order valence-corrected chi connectivity index (χ2v) is 9.30. The molecule has 2 aliphatic heterocycles. The van der Waals surface area contributed by atoms with Crippen molar-refractivity contribution in [1.82, 2.24) is 0 Å². The zero-order valence-electron chi connectivity index (χ0n) is 17.3. The van der Waals surface area contributed by atoms with Crippen LogP contribution >= 0.6 is 23.4 Å². The molecule has 0 spiro atoms. The first-order valence-corrected chi connectivity index (χ1v) is 12.2. The Morgan fingerprint density at radius 3 is 2.70 bits per heavy atom. The van der Waals surface area contributed by atoms with Gasteiger partial charge < -0.3 is 19.3 Å². The lowest BCUT2D eigenvalue weighted by Crippen LogP contribution is -2.34. The van der Waals surface area contributed by atoms with Crippen molar-refractivity contribution < 1.29 is 19.3 Å². The van der Waals surface area contributed by atoms with Crippen LogP contribution in [0.5, 0.6) is 5.75 Å². The maximum absolute atomic E-state index is 10.4. The molecule has 6 heteroatoms. The molecule has 0 radical (unpaired) electrons. The van der Waals surface area contributed by atoms with E-state index in [-0.39, 0.29) is 12.2 Å². The van der Waals surface area contributed by atoms with Gasteiger partial charge in [-0.2, -0.15) is 0 Å². The van der Waals surface area contributed by atoms with E-state index in [9.17, 15) is 5.11 Å². The van der Waals surface area contributed by atoms with Crippen molar-refractivity contribution in [3.63, 3.8) is 0 Å². The third-order valence-electron chi connectivity index (χ3n) is 5.70. The molecule has 2 aromatic rings. The summed E-state index contributed by atoms with van der Waals surface area (Å²) < 4.78 is 18.2. The van der Waals surface area contributed by atoms with Gasteiger partial charge in [0.2, 0.25) is 0 Å². The molecule has 1 N–H and O–H groups in total. The van der Waals surface area contributed by atoms with Gasteiger partial charge in [0.1, 0.15) is 5.75 Å². The van der Waals surface area contributed by atoms with Crippen molar-refractivity contribution in [2.75, 3.05) is 26.1 Å². The number of aliphatic hydroxyl groups excluding tert-OH is 1. The van der Waals surface area contributed by atoms with Gasteiger partial charge in [-0.3, -0.25) is 0 Å². The van der Waals surface area contributed by atoms with E-state index in [4.69, 9.17) is 25.8 Å². The average Bonchev–Trinajstić information content (AvgIpc) is 2.74. The molecule has 4 nitrogen and oxygen atoms in total. The standard InChI is InChI=1S/C24H29ClO4S/c1-30-20-6-4-16(5-7-20)10-17-11-21-23(14-22(17)25)28-9-3-2-8-27-15-19-12-18(26)13-24(21)29-19/h4-7,11,14,18-19,24,26H,2-3,8-10,12-13,15H2,1H3. The first-order valence-electron chi connectivity index (χ1n) is 10.6. The van der Waals surface area contributed by atoms with Crippen LogP contribution in [0.25, 0.3) is 0 Å². The number of ether oxygens (including phenoxy) is 3. The van der Waals surface area contributed by atoms with E-state index in [1.165, 1.54) is 10.5 Å². The normalized spacial score (nSPS) is 24.8. The lowest BCUT2D eigenvalue weighted by molar-refractivity contribution is -0.124. The Bertz CT molecular complexity index is 842. The maximum atomic E-state index is 10.4. The molecule has 0 aliphatic carbocycles. The summed E-state index contributed by atoms with van der Waals surface area (Å²) >= 11 is 8.40. The van der Waals surface area contributed by atoms with Gasteiger partial charge in [0.05, 0.1) is 31.5 Å². The highest BCUT2D eigenvalue weighted by Crippen LogP contribution is 2.40. The van der Waals surface area contributed by atoms with Crippen LogP contribution in [0.2, 0.25) is 5.02 Å². The molecule has 1 fully saturated rings. The first kappa shape index (κ1) is 22.0. The Hall–Kier alpha value is -1.24. The number of thioether (sulfide) groups is 1. The number of rotatable bonds is 3. The molecule has 0 aromatic heterocycles. The third kappa shape index (κ3) is 5.51. The molecule has 1 saturated heterocycles. The molecule has 162 valence electrons. The fourth-order valence-electron chi connectivity index (χ4n) is 4.10.